The summed E-state index contributed by atoms with van der Waals surface area (Å²) in [6, 6.07) is 0.0971. The molecule has 1 heterocycles. The lowest BCUT2D eigenvalue weighted by atomic mass is 9.90. The number of likely N-dealkylation sites (tertiary alicyclic amines) is 1. The highest BCUT2D eigenvalue weighted by atomic mass is 16.1. The molecule has 0 aromatic carbocycles. The summed E-state index contributed by atoms with van der Waals surface area (Å²) in [5.41, 5.74) is 1.38. The van der Waals surface area contributed by atoms with Gasteiger partial charge in [-0.3, -0.25) is 4.79 Å². The molecule has 17 heavy (non-hydrogen) atoms. The van der Waals surface area contributed by atoms with Gasteiger partial charge in [0.15, 0.2) is 5.78 Å². The van der Waals surface area contributed by atoms with Crippen LogP contribution in [-0.2, 0) is 4.79 Å². The summed E-state index contributed by atoms with van der Waals surface area (Å²) in [7, 11) is 0. The summed E-state index contributed by atoms with van der Waals surface area (Å²) in [4.78, 5) is 13.6. The summed E-state index contributed by atoms with van der Waals surface area (Å²) in [6.45, 7) is 13.4. The third-order valence-corrected chi connectivity index (χ3v) is 2.86. The molecule has 2 heteroatoms. The van der Waals surface area contributed by atoms with E-state index in [1.54, 1.807) is 6.92 Å². The zero-order valence-electron chi connectivity index (χ0n) is 11.6. The number of nitrogens with zero attached hydrogens (tertiary/aromatic N) is 1. The third-order valence-electron chi connectivity index (χ3n) is 2.86. The second kappa shape index (κ2) is 6.49. The van der Waals surface area contributed by atoms with E-state index < -0.39 is 0 Å². The molecule has 1 aliphatic heterocycles. The molecular formula is C15H25NO. The van der Waals surface area contributed by atoms with Gasteiger partial charge in [-0.1, -0.05) is 27.4 Å². The molecule has 1 aliphatic rings. The van der Waals surface area contributed by atoms with Crippen LogP contribution in [-0.4, -0.2) is 23.3 Å². The van der Waals surface area contributed by atoms with Gasteiger partial charge in [-0.15, -0.1) is 12.8 Å². The molecule has 0 aromatic heterocycles. The minimum absolute atomic E-state index is 0.0971. The average Bonchev–Trinajstić information content (AvgIpc) is 2.66. The molecule has 1 fully saturated rings. The molecule has 0 aromatic rings. The molecule has 0 amide bonds. The van der Waals surface area contributed by atoms with Gasteiger partial charge in [0.1, 0.15) is 0 Å². The van der Waals surface area contributed by atoms with Crippen molar-refractivity contribution in [1.29, 1.82) is 0 Å². The Morgan fingerprint density at radius 1 is 1.41 bits per heavy atom. The van der Waals surface area contributed by atoms with E-state index in [-0.39, 0.29) is 17.2 Å². The zero-order chi connectivity index (χ0) is 13.6. The Labute approximate surface area is 106 Å². The highest BCUT2D eigenvalue weighted by Gasteiger charge is 2.29. The fourth-order valence-corrected chi connectivity index (χ4v) is 2.28. The first-order valence-corrected chi connectivity index (χ1v) is 6.09. The minimum Gasteiger partial charge on any atom is -0.365 e. The number of hydrogen-bond acceptors (Lipinski definition) is 2. The molecule has 0 saturated carbocycles. The molecule has 0 aliphatic carbocycles. The Balaban J connectivity index is 0.00000121. The second-order valence-corrected chi connectivity index (χ2v) is 5.77. The molecule has 0 N–H and O–H groups in total. The Bertz CT molecular complexity index is 296. The summed E-state index contributed by atoms with van der Waals surface area (Å²) in [5, 5.41) is 0. The van der Waals surface area contributed by atoms with Gasteiger partial charge < -0.3 is 4.90 Å². The number of allylic oxidation sites excluding steroid dienone is 1. The van der Waals surface area contributed by atoms with Crippen molar-refractivity contribution in [3.8, 4) is 12.8 Å². The van der Waals surface area contributed by atoms with Crippen LogP contribution in [0.25, 0.3) is 0 Å². The number of terminal acetylenes is 1. The molecule has 0 spiro atoms. The maximum absolute atomic E-state index is 11.4. The lowest BCUT2D eigenvalue weighted by molar-refractivity contribution is -0.120. The predicted molar refractivity (Wildman–Crippen MR) is 73.5 cm³/mol. The lowest BCUT2D eigenvalue weighted by Crippen LogP contribution is -2.34. The molecule has 1 rings (SSSR count). The standard InChI is InChI=1S/C13H23NO.C2H2/c1-10(9-13(3,4)5)14-8-6-7-12(14)11(2)15;1-2/h12H,1,6-9H2,2-5H3;1-2H/t12-;/m0./s1. The fraction of sp³-hybridized carbons (Fsp3) is 0.667. The predicted octanol–water partition coefficient (Wildman–Crippen LogP) is 3.24. The van der Waals surface area contributed by atoms with Gasteiger partial charge in [-0.2, -0.15) is 0 Å². The van der Waals surface area contributed by atoms with E-state index >= 15 is 0 Å². The molecule has 0 unspecified atom stereocenters. The Morgan fingerprint density at radius 3 is 2.35 bits per heavy atom. The largest absolute Gasteiger partial charge is 0.365 e. The first-order valence-electron chi connectivity index (χ1n) is 6.09. The monoisotopic (exact) mass is 235 g/mol. The van der Waals surface area contributed by atoms with E-state index in [0.29, 0.717) is 0 Å². The van der Waals surface area contributed by atoms with Crippen molar-refractivity contribution in [2.45, 2.75) is 53.0 Å². The van der Waals surface area contributed by atoms with Crippen LogP contribution in [0.4, 0.5) is 0 Å². The molecule has 96 valence electrons. The number of ketones is 1. The number of carbonyl (C=O) groups is 1. The van der Waals surface area contributed by atoms with Crippen LogP contribution in [0.1, 0.15) is 47.0 Å². The van der Waals surface area contributed by atoms with E-state index in [1.807, 2.05) is 0 Å². The molecule has 2 nitrogen and oxygen atoms in total. The van der Waals surface area contributed by atoms with Gasteiger partial charge in [-0.05, 0) is 31.6 Å². The van der Waals surface area contributed by atoms with Crippen molar-refractivity contribution >= 4 is 5.78 Å². The van der Waals surface area contributed by atoms with Crippen molar-refractivity contribution in [3.63, 3.8) is 0 Å². The Hall–Kier alpha value is -1.23. The topological polar surface area (TPSA) is 20.3 Å². The van der Waals surface area contributed by atoms with E-state index in [9.17, 15) is 4.79 Å². The minimum atomic E-state index is 0.0971. The van der Waals surface area contributed by atoms with E-state index in [1.165, 1.54) is 0 Å². The van der Waals surface area contributed by atoms with Crippen LogP contribution in [0.15, 0.2) is 12.3 Å². The number of Topliss-reactive ketones (excluding diaryl/α,β-unsaturated/α-hetero) is 1. The average molecular weight is 235 g/mol. The summed E-state index contributed by atoms with van der Waals surface area (Å²) >= 11 is 0. The van der Waals surface area contributed by atoms with Gasteiger partial charge in [0.2, 0.25) is 0 Å². The normalized spacial score (nSPS) is 19.4. The van der Waals surface area contributed by atoms with E-state index in [2.05, 4.69) is 45.1 Å². The lowest BCUT2D eigenvalue weighted by Gasteiger charge is -2.31. The zero-order valence-corrected chi connectivity index (χ0v) is 11.6. The van der Waals surface area contributed by atoms with Gasteiger partial charge in [-0.25, -0.2) is 0 Å². The van der Waals surface area contributed by atoms with Crippen molar-refractivity contribution < 1.29 is 4.79 Å². The van der Waals surface area contributed by atoms with E-state index in [0.717, 1.165) is 31.5 Å². The van der Waals surface area contributed by atoms with Crippen molar-refractivity contribution in [2.24, 2.45) is 5.41 Å². The quantitative estimate of drug-likeness (QED) is 0.700. The summed E-state index contributed by atoms with van der Waals surface area (Å²) < 4.78 is 0. The van der Waals surface area contributed by atoms with Gasteiger partial charge in [0.05, 0.1) is 6.04 Å². The Morgan fingerprint density at radius 2 is 1.94 bits per heavy atom. The van der Waals surface area contributed by atoms with E-state index in [4.69, 9.17) is 0 Å². The highest BCUT2D eigenvalue weighted by molar-refractivity contribution is 5.82. The van der Waals surface area contributed by atoms with Crippen molar-refractivity contribution in [2.75, 3.05) is 6.54 Å². The summed E-state index contributed by atoms with van der Waals surface area (Å²) in [5.74, 6) is 0.280. The summed E-state index contributed by atoms with van der Waals surface area (Å²) in [6.07, 6.45) is 11.1. The first-order chi connectivity index (χ1) is 7.81. The van der Waals surface area contributed by atoms with Gasteiger partial charge in [0.25, 0.3) is 0 Å². The SMILES string of the molecule is C#C.C=C(CC(C)(C)C)N1CCC[C@H]1C(C)=O. The molecular weight excluding hydrogens is 210 g/mol. The van der Waals surface area contributed by atoms with Crippen LogP contribution < -0.4 is 0 Å². The first kappa shape index (κ1) is 15.8. The van der Waals surface area contributed by atoms with Crippen molar-refractivity contribution in [3.05, 3.63) is 12.3 Å². The smallest absolute Gasteiger partial charge is 0.152 e. The van der Waals surface area contributed by atoms with Crippen LogP contribution in [0.5, 0.6) is 0 Å². The van der Waals surface area contributed by atoms with Crippen molar-refractivity contribution in [1.82, 2.24) is 4.90 Å². The van der Waals surface area contributed by atoms with Gasteiger partial charge >= 0.3 is 0 Å². The number of carbonyl (C=O) groups excluding carboxylic acids is 1. The third kappa shape index (κ3) is 5.08. The van der Waals surface area contributed by atoms with Crippen LogP contribution in [0.2, 0.25) is 0 Å². The Kier molecular flexibility index (Phi) is 6.02. The molecule has 1 atom stereocenters. The maximum Gasteiger partial charge on any atom is 0.152 e. The fourth-order valence-electron chi connectivity index (χ4n) is 2.28. The number of rotatable bonds is 3. The molecule has 0 bridgehead atoms. The van der Waals surface area contributed by atoms with Gasteiger partial charge in [0, 0.05) is 12.2 Å². The van der Waals surface area contributed by atoms with Crippen LogP contribution in [0.3, 0.4) is 0 Å². The molecule has 0 radical (unpaired) electrons. The second-order valence-electron chi connectivity index (χ2n) is 5.77. The highest BCUT2D eigenvalue weighted by Crippen LogP contribution is 2.30. The molecule has 1 saturated heterocycles. The maximum atomic E-state index is 11.4. The van der Waals surface area contributed by atoms with Crippen LogP contribution >= 0.6 is 0 Å². The number of hydrogen-bond donors (Lipinski definition) is 0. The van der Waals surface area contributed by atoms with Crippen LogP contribution in [0, 0.1) is 18.3 Å².